The van der Waals surface area contributed by atoms with Crippen molar-refractivity contribution in [2.24, 2.45) is 0 Å². The summed E-state index contributed by atoms with van der Waals surface area (Å²) in [6, 6.07) is 14.1. The molecule has 26 heavy (non-hydrogen) atoms. The Morgan fingerprint density at radius 1 is 1.19 bits per heavy atom. The molecule has 0 unspecified atom stereocenters. The molecule has 0 radical (unpaired) electrons. The number of carbonyl (C=O) groups is 1. The zero-order chi connectivity index (χ0) is 18.7. The van der Waals surface area contributed by atoms with Gasteiger partial charge in [0.1, 0.15) is 0 Å². The van der Waals surface area contributed by atoms with Crippen LogP contribution in [0, 0.1) is 17.0 Å². The Bertz CT molecular complexity index is 1000. The highest BCUT2D eigenvalue weighted by atomic mass is 16.6. The van der Waals surface area contributed by atoms with Gasteiger partial charge in [-0.25, -0.2) is 4.98 Å². The van der Waals surface area contributed by atoms with Crippen molar-refractivity contribution < 1.29 is 9.72 Å². The van der Waals surface area contributed by atoms with Crippen LogP contribution in [0.15, 0.2) is 48.5 Å². The molecule has 132 valence electrons. The largest absolute Gasteiger partial charge is 0.380 e. The van der Waals surface area contributed by atoms with Crippen molar-refractivity contribution in [3.63, 3.8) is 0 Å². The Kier molecular flexibility index (Phi) is 4.79. The van der Waals surface area contributed by atoms with E-state index < -0.39 is 4.92 Å². The summed E-state index contributed by atoms with van der Waals surface area (Å²) in [7, 11) is 1.59. The highest BCUT2D eigenvalue weighted by Crippen LogP contribution is 2.30. The summed E-state index contributed by atoms with van der Waals surface area (Å²) < 4.78 is 0. The number of hydrogen-bond donors (Lipinski definition) is 2. The summed E-state index contributed by atoms with van der Waals surface area (Å²) in [6.07, 6.45) is 0. The number of anilines is 1. The molecule has 1 aromatic heterocycles. The summed E-state index contributed by atoms with van der Waals surface area (Å²) in [5.41, 5.74) is 3.31. The van der Waals surface area contributed by atoms with Gasteiger partial charge in [0, 0.05) is 42.0 Å². The number of carbonyl (C=O) groups excluding carboxylic acids is 1. The van der Waals surface area contributed by atoms with Gasteiger partial charge in [0.05, 0.1) is 4.92 Å². The molecule has 0 saturated carbocycles. The monoisotopic (exact) mass is 350 g/mol. The molecular weight excluding hydrogens is 332 g/mol. The minimum Gasteiger partial charge on any atom is -0.380 e. The SMILES string of the molecule is CNC(=O)c1cccc(CNc2cc(C)nc3c([N+](=O)[O-])cccc23)c1. The molecule has 7 nitrogen and oxygen atoms in total. The molecule has 0 aliphatic heterocycles. The van der Waals surface area contributed by atoms with Gasteiger partial charge in [0.2, 0.25) is 0 Å². The lowest BCUT2D eigenvalue weighted by atomic mass is 10.1. The summed E-state index contributed by atoms with van der Waals surface area (Å²) >= 11 is 0. The van der Waals surface area contributed by atoms with Crippen LogP contribution in [-0.2, 0) is 6.54 Å². The van der Waals surface area contributed by atoms with E-state index in [-0.39, 0.29) is 11.6 Å². The van der Waals surface area contributed by atoms with E-state index in [1.807, 2.05) is 24.3 Å². The van der Waals surface area contributed by atoms with Gasteiger partial charge in [0.25, 0.3) is 11.6 Å². The van der Waals surface area contributed by atoms with Crippen LogP contribution in [0.1, 0.15) is 21.6 Å². The first-order valence-electron chi connectivity index (χ1n) is 8.09. The van der Waals surface area contributed by atoms with Gasteiger partial charge in [-0.2, -0.15) is 0 Å². The maximum atomic E-state index is 11.8. The number of rotatable bonds is 5. The Morgan fingerprint density at radius 2 is 1.96 bits per heavy atom. The van der Waals surface area contributed by atoms with Gasteiger partial charge in [-0.1, -0.05) is 24.3 Å². The molecule has 0 bridgehead atoms. The Balaban J connectivity index is 1.94. The minimum absolute atomic E-state index is 0.0177. The van der Waals surface area contributed by atoms with Gasteiger partial charge in [-0.15, -0.1) is 0 Å². The molecule has 2 N–H and O–H groups in total. The van der Waals surface area contributed by atoms with Crippen LogP contribution < -0.4 is 10.6 Å². The number of nitrogens with zero attached hydrogens (tertiary/aromatic N) is 2. The second-order valence-corrected chi connectivity index (χ2v) is 5.87. The number of nitro benzene ring substituents is 1. The number of hydrogen-bond acceptors (Lipinski definition) is 5. The first kappa shape index (κ1) is 17.3. The lowest BCUT2D eigenvalue weighted by Crippen LogP contribution is -2.18. The van der Waals surface area contributed by atoms with Crippen molar-refractivity contribution in [3.8, 4) is 0 Å². The van der Waals surface area contributed by atoms with Gasteiger partial charge in [-0.3, -0.25) is 14.9 Å². The van der Waals surface area contributed by atoms with Crippen LogP contribution in [0.4, 0.5) is 11.4 Å². The Hall–Kier alpha value is -3.48. The molecule has 0 aliphatic rings. The van der Waals surface area contributed by atoms with Gasteiger partial charge in [0.15, 0.2) is 5.52 Å². The van der Waals surface area contributed by atoms with E-state index in [1.165, 1.54) is 6.07 Å². The number of para-hydroxylation sites is 1. The van der Waals surface area contributed by atoms with Crippen LogP contribution >= 0.6 is 0 Å². The van der Waals surface area contributed by atoms with Crippen molar-refractivity contribution in [2.45, 2.75) is 13.5 Å². The number of benzene rings is 2. The predicted octanol–water partition coefficient (Wildman–Crippen LogP) is 3.42. The maximum Gasteiger partial charge on any atom is 0.295 e. The van der Waals surface area contributed by atoms with E-state index in [9.17, 15) is 14.9 Å². The number of aromatic nitrogens is 1. The van der Waals surface area contributed by atoms with Crippen molar-refractivity contribution >= 4 is 28.2 Å². The van der Waals surface area contributed by atoms with E-state index in [4.69, 9.17) is 0 Å². The van der Waals surface area contributed by atoms with Crippen LogP contribution in [0.25, 0.3) is 10.9 Å². The zero-order valence-corrected chi connectivity index (χ0v) is 14.4. The molecule has 0 saturated heterocycles. The lowest BCUT2D eigenvalue weighted by Gasteiger charge is -2.11. The summed E-state index contributed by atoms with van der Waals surface area (Å²) in [5.74, 6) is -0.146. The fraction of sp³-hybridized carbons (Fsp3) is 0.158. The number of non-ortho nitro benzene ring substituents is 1. The van der Waals surface area contributed by atoms with Gasteiger partial charge < -0.3 is 10.6 Å². The third-order valence-corrected chi connectivity index (χ3v) is 4.04. The zero-order valence-electron chi connectivity index (χ0n) is 14.4. The van der Waals surface area contributed by atoms with Crippen LogP contribution in [-0.4, -0.2) is 22.9 Å². The normalized spacial score (nSPS) is 10.5. The highest BCUT2D eigenvalue weighted by Gasteiger charge is 2.15. The fourth-order valence-electron chi connectivity index (χ4n) is 2.82. The standard InChI is InChI=1S/C19H18N4O3/c1-12-9-16(15-7-4-8-17(23(25)26)18(15)22-12)21-11-13-5-3-6-14(10-13)19(24)20-2/h3-10H,11H2,1-2H3,(H,20,24)(H,21,22). The van der Waals surface area contributed by atoms with Crippen LogP contribution in [0.2, 0.25) is 0 Å². The van der Waals surface area contributed by atoms with Crippen molar-refractivity contribution in [3.05, 3.63) is 75.5 Å². The molecule has 0 aliphatic carbocycles. The number of aryl methyl sites for hydroxylation is 1. The second-order valence-electron chi connectivity index (χ2n) is 5.87. The highest BCUT2D eigenvalue weighted by molar-refractivity contribution is 5.97. The summed E-state index contributed by atoms with van der Waals surface area (Å²) in [4.78, 5) is 26.9. The molecule has 3 aromatic rings. The Morgan fingerprint density at radius 3 is 2.69 bits per heavy atom. The predicted molar refractivity (Wildman–Crippen MR) is 100 cm³/mol. The number of nitrogens with one attached hydrogen (secondary N) is 2. The molecular formula is C19H18N4O3. The quantitative estimate of drug-likeness (QED) is 0.543. The van der Waals surface area contributed by atoms with Crippen molar-refractivity contribution in [1.29, 1.82) is 0 Å². The van der Waals surface area contributed by atoms with Crippen molar-refractivity contribution in [1.82, 2.24) is 10.3 Å². The lowest BCUT2D eigenvalue weighted by molar-refractivity contribution is -0.383. The average molecular weight is 350 g/mol. The van der Waals surface area contributed by atoms with Crippen LogP contribution in [0.3, 0.4) is 0 Å². The minimum atomic E-state index is -0.425. The Labute approximate surface area is 150 Å². The van der Waals surface area contributed by atoms with Gasteiger partial charge >= 0.3 is 0 Å². The van der Waals surface area contributed by atoms with E-state index in [2.05, 4.69) is 15.6 Å². The first-order chi connectivity index (χ1) is 12.5. The number of fused-ring (bicyclic) bond motifs is 1. The third-order valence-electron chi connectivity index (χ3n) is 4.04. The topological polar surface area (TPSA) is 97.2 Å². The maximum absolute atomic E-state index is 11.8. The van der Waals surface area contributed by atoms with Gasteiger partial charge in [-0.05, 0) is 30.7 Å². The fourth-order valence-corrected chi connectivity index (χ4v) is 2.82. The van der Waals surface area contributed by atoms with E-state index in [0.717, 1.165) is 11.3 Å². The molecule has 0 fully saturated rings. The number of nitro groups is 1. The summed E-state index contributed by atoms with van der Waals surface area (Å²) in [5, 5.41) is 17.8. The molecule has 1 amide bonds. The number of pyridine rings is 1. The molecule has 1 heterocycles. The van der Waals surface area contributed by atoms with E-state index >= 15 is 0 Å². The van der Waals surface area contributed by atoms with E-state index in [1.54, 1.807) is 32.2 Å². The first-order valence-corrected chi connectivity index (χ1v) is 8.09. The third kappa shape index (κ3) is 3.46. The molecule has 2 aromatic carbocycles. The molecule has 7 heteroatoms. The average Bonchev–Trinajstić information content (AvgIpc) is 2.65. The van der Waals surface area contributed by atoms with Crippen molar-refractivity contribution in [2.75, 3.05) is 12.4 Å². The molecule has 3 rings (SSSR count). The van der Waals surface area contributed by atoms with E-state index in [0.29, 0.717) is 28.7 Å². The van der Waals surface area contributed by atoms with Crippen LogP contribution in [0.5, 0.6) is 0 Å². The smallest absolute Gasteiger partial charge is 0.295 e. The second kappa shape index (κ2) is 7.18. The molecule has 0 spiro atoms. The number of amides is 1. The summed E-state index contributed by atoms with van der Waals surface area (Å²) in [6.45, 7) is 2.28. The molecule has 0 atom stereocenters.